The van der Waals surface area contributed by atoms with Crippen LogP contribution in [0.4, 0.5) is 5.69 Å². The second-order valence-electron chi connectivity index (χ2n) is 3.96. The van der Waals surface area contributed by atoms with Crippen LogP contribution in [0, 0.1) is 5.41 Å². The summed E-state index contributed by atoms with van der Waals surface area (Å²) in [6.45, 7) is 1.02. The summed E-state index contributed by atoms with van der Waals surface area (Å²) in [6, 6.07) is 3.86. The maximum atomic E-state index is 9.28. The molecule has 1 unspecified atom stereocenters. The van der Waals surface area contributed by atoms with Gasteiger partial charge in [-0.2, -0.15) is 0 Å². The molecule has 2 rings (SSSR count). The van der Waals surface area contributed by atoms with E-state index in [9.17, 15) is 5.11 Å². The lowest BCUT2D eigenvalue weighted by Crippen LogP contribution is -2.34. The maximum absolute atomic E-state index is 9.28. The number of pyridine rings is 1. The highest BCUT2D eigenvalue weighted by atomic mass is 16.3. The van der Waals surface area contributed by atoms with Crippen molar-refractivity contribution in [3.8, 4) is 0 Å². The molecule has 4 N–H and O–H groups in total. The summed E-state index contributed by atoms with van der Waals surface area (Å²) in [4.78, 5) is 6.21. The molecule has 0 aliphatic carbocycles. The molecule has 0 aromatic carbocycles. The molecule has 1 aromatic heterocycles. The third-order valence-electron chi connectivity index (χ3n) is 2.94. The van der Waals surface area contributed by atoms with Crippen LogP contribution >= 0.6 is 0 Å². The van der Waals surface area contributed by atoms with Crippen LogP contribution in [-0.2, 0) is 0 Å². The van der Waals surface area contributed by atoms with E-state index in [0.717, 1.165) is 25.1 Å². The number of nitrogens with zero attached hydrogens (tertiary/aromatic N) is 2. The number of hydrogen-bond acceptors (Lipinski definition) is 4. The van der Waals surface area contributed by atoms with E-state index in [-0.39, 0.29) is 18.5 Å². The second-order valence-corrected chi connectivity index (χ2v) is 3.96. The monoisotopic (exact) mass is 220 g/mol. The molecule has 1 saturated heterocycles. The predicted molar refractivity (Wildman–Crippen MR) is 62.7 cm³/mol. The molecule has 5 nitrogen and oxygen atoms in total. The van der Waals surface area contributed by atoms with Crippen molar-refractivity contribution in [1.82, 2.24) is 4.98 Å². The van der Waals surface area contributed by atoms with Crippen LogP contribution in [0.3, 0.4) is 0 Å². The van der Waals surface area contributed by atoms with Crippen LogP contribution in [0.5, 0.6) is 0 Å². The second kappa shape index (κ2) is 4.49. The molecule has 1 aliphatic heterocycles. The summed E-state index contributed by atoms with van der Waals surface area (Å²) in [7, 11) is 0. The number of aliphatic hydroxyl groups is 1. The first-order chi connectivity index (χ1) is 7.74. The van der Waals surface area contributed by atoms with Gasteiger partial charge in [0.05, 0.1) is 18.3 Å². The molecule has 1 fully saturated rings. The number of hydrogen-bond donors (Lipinski definition) is 3. The lowest BCUT2D eigenvalue weighted by atomic mass is 10.2. The van der Waals surface area contributed by atoms with Crippen molar-refractivity contribution < 1.29 is 5.11 Å². The Kier molecular flexibility index (Phi) is 3.05. The van der Waals surface area contributed by atoms with Crippen molar-refractivity contribution in [3.05, 3.63) is 24.0 Å². The molecule has 0 saturated carbocycles. The number of aromatic nitrogens is 1. The number of aliphatic hydroxyl groups excluding tert-OH is 1. The fourth-order valence-corrected chi connectivity index (χ4v) is 2.18. The van der Waals surface area contributed by atoms with Crippen molar-refractivity contribution >= 4 is 11.5 Å². The van der Waals surface area contributed by atoms with Crippen LogP contribution in [0.25, 0.3) is 0 Å². The lowest BCUT2D eigenvalue weighted by Gasteiger charge is -2.26. The van der Waals surface area contributed by atoms with E-state index < -0.39 is 0 Å². The first-order valence-corrected chi connectivity index (χ1v) is 5.41. The normalized spacial score (nSPS) is 20.1. The van der Waals surface area contributed by atoms with Gasteiger partial charge in [-0.25, -0.2) is 0 Å². The summed E-state index contributed by atoms with van der Waals surface area (Å²) < 4.78 is 0. The number of anilines is 1. The maximum Gasteiger partial charge on any atom is 0.143 e. The number of amidine groups is 1. The quantitative estimate of drug-likeness (QED) is 0.506. The van der Waals surface area contributed by atoms with Crippen molar-refractivity contribution in [3.63, 3.8) is 0 Å². The van der Waals surface area contributed by atoms with E-state index in [0.29, 0.717) is 5.69 Å². The van der Waals surface area contributed by atoms with E-state index in [1.165, 1.54) is 0 Å². The van der Waals surface area contributed by atoms with Gasteiger partial charge in [0.2, 0.25) is 0 Å². The highest BCUT2D eigenvalue weighted by Gasteiger charge is 2.26. The van der Waals surface area contributed by atoms with E-state index >= 15 is 0 Å². The summed E-state index contributed by atoms with van der Waals surface area (Å²) >= 11 is 0. The molecule has 2 heterocycles. The summed E-state index contributed by atoms with van der Waals surface area (Å²) in [5, 5.41) is 16.8. The first kappa shape index (κ1) is 10.9. The highest BCUT2D eigenvalue weighted by Crippen LogP contribution is 2.27. The number of rotatable bonds is 3. The third kappa shape index (κ3) is 1.86. The molecule has 0 radical (unpaired) electrons. The van der Waals surface area contributed by atoms with Crippen LogP contribution in [-0.4, -0.2) is 35.1 Å². The molecule has 0 amide bonds. The van der Waals surface area contributed by atoms with Crippen molar-refractivity contribution in [1.29, 1.82) is 5.41 Å². The Morgan fingerprint density at radius 1 is 1.69 bits per heavy atom. The van der Waals surface area contributed by atoms with Gasteiger partial charge in [0.1, 0.15) is 11.5 Å². The van der Waals surface area contributed by atoms with Gasteiger partial charge in [-0.1, -0.05) is 0 Å². The van der Waals surface area contributed by atoms with Gasteiger partial charge >= 0.3 is 0 Å². The van der Waals surface area contributed by atoms with Crippen LogP contribution in [0.2, 0.25) is 0 Å². The van der Waals surface area contributed by atoms with Crippen molar-refractivity contribution in [2.24, 2.45) is 5.73 Å². The summed E-state index contributed by atoms with van der Waals surface area (Å²) in [6.07, 6.45) is 3.66. The number of nitrogen functional groups attached to an aromatic ring is 1. The highest BCUT2D eigenvalue weighted by molar-refractivity contribution is 5.98. The molecule has 1 aromatic rings. The Hall–Kier alpha value is -1.62. The van der Waals surface area contributed by atoms with Crippen LogP contribution in [0.15, 0.2) is 18.3 Å². The van der Waals surface area contributed by atoms with Gasteiger partial charge in [0.25, 0.3) is 0 Å². The number of nitrogens with one attached hydrogen (secondary N) is 1. The minimum absolute atomic E-state index is 0.0285. The van der Waals surface area contributed by atoms with E-state index in [2.05, 4.69) is 9.88 Å². The smallest absolute Gasteiger partial charge is 0.143 e. The van der Waals surface area contributed by atoms with E-state index in [1.807, 2.05) is 12.1 Å². The zero-order chi connectivity index (χ0) is 11.5. The van der Waals surface area contributed by atoms with Crippen molar-refractivity contribution in [2.75, 3.05) is 18.1 Å². The van der Waals surface area contributed by atoms with Gasteiger partial charge < -0.3 is 15.7 Å². The summed E-state index contributed by atoms with van der Waals surface area (Å²) in [5.74, 6) is -0.0285. The average molecular weight is 220 g/mol. The van der Waals surface area contributed by atoms with Gasteiger partial charge in [-0.3, -0.25) is 10.4 Å². The fourth-order valence-electron chi connectivity index (χ4n) is 2.18. The average Bonchev–Trinajstić information content (AvgIpc) is 2.76. The molecule has 5 heteroatoms. The Morgan fingerprint density at radius 3 is 3.19 bits per heavy atom. The van der Waals surface area contributed by atoms with Gasteiger partial charge in [0.15, 0.2) is 0 Å². The van der Waals surface area contributed by atoms with Crippen LogP contribution in [0.1, 0.15) is 18.5 Å². The SMILES string of the molecule is N=C(N)c1ncccc1N1CCCC1CO. The van der Waals surface area contributed by atoms with Gasteiger partial charge in [0, 0.05) is 12.7 Å². The largest absolute Gasteiger partial charge is 0.394 e. The standard InChI is InChI=1S/C11H16N4O/c12-11(13)10-9(4-1-5-14-10)15-6-2-3-8(15)7-16/h1,4-5,8,16H,2-3,6-7H2,(H3,12,13). The molecule has 1 atom stereocenters. The zero-order valence-corrected chi connectivity index (χ0v) is 9.06. The third-order valence-corrected chi connectivity index (χ3v) is 2.94. The fraction of sp³-hybridized carbons (Fsp3) is 0.455. The zero-order valence-electron chi connectivity index (χ0n) is 9.06. The van der Waals surface area contributed by atoms with Crippen LogP contribution < -0.4 is 10.6 Å². The Morgan fingerprint density at radius 2 is 2.50 bits per heavy atom. The van der Waals surface area contributed by atoms with E-state index in [4.69, 9.17) is 11.1 Å². The topological polar surface area (TPSA) is 86.2 Å². The Labute approximate surface area is 94.4 Å². The van der Waals surface area contributed by atoms with Gasteiger partial charge in [-0.15, -0.1) is 0 Å². The predicted octanol–water partition coefficient (Wildman–Crippen LogP) is 0.327. The molecule has 1 aliphatic rings. The molecule has 0 bridgehead atoms. The molecular formula is C11H16N4O. The lowest BCUT2D eigenvalue weighted by molar-refractivity contribution is 0.266. The number of nitrogens with two attached hydrogens (primary N) is 1. The van der Waals surface area contributed by atoms with Gasteiger partial charge in [-0.05, 0) is 25.0 Å². The Balaban J connectivity index is 2.35. The van der Waals surface area contributed by atoms with Crippen molar-refractivity contribution in [2.45, 2.75) is 18.9 Å². The van der Waals surface area contributed by atoms with E-state index in [1.54, 1.807) is 6.20 Å². The molecule has 16 heavy (non-hydrogen) atoms. The minimum Gasteiger partial charge on any atom is -0.394 e. The minimum atomic E-state index is -0.0285. The molecule has 0 spiro atoms. The Bertz CT molecular complexity index is 393. The summed E-state index contributed by atoms with van der Waals surface area (Å²) in [5.41, 5.74) is 6.86. The molecular weight excluding hydrogens is 204 g/mol. The molecule has 86 valence electrons. The first-order valence-electron chi connectivity index (χ1n) is 5.41.